The van der Waals surface area contributed by atoms with E-state index in [0.29, 0.717) is 11.1 Å². The number of hydrogen-bond donors (Lipinski definition) is 0. The number of aryl methyl sites for hydroxylation is 2. The molecule has 0 N–H and O–H groups in total. The van der Waals surface area contributed by atoms with Gasteiger partial charge in [-0.1, -0.05) is 54.6 Å². The molecule has 4 aliphatic heterocycles. The average Bonchev–Trinajstić information content (AvgIpc) is 3.16. The molecule has 0 spiro atoms. The third-order valence-electron chi connectivity index (χ3n) is 12.4. The van der Waals surface area contributed by atoms with Gasteiger partial charge in [0.05, 0.1) is 12.5 Å². The molecule has 1 atom stereocenters. The topological polar surface area (TPSA) is 50.2 Å². The summed E-state index contributed by atoms with van der Waals surface area (Å²) in [5.74, 6) is 1.62. The lowest BCUT2D eigenvalue weighted by Crippen LogP contribution is -2.36. The number of benzene rings is 6. The van der Waals surface area contributed by atoms with Crippen molar-refractivity contribution in [3.8, 4) is 0 Å². The highest BCUT2D eigenvalue weighted by Crippen LogP contribution is 2.55. The molecule has 11 rings (SSSR count). The molecular weight excluding hydrogens is 613 g/mol. The second-order valence-corrected chi connectivity index (χ2v) is 14.7. The maximum Gasteiger partial charge on any atom is 0.210 e. The number of allylic oxidation sites excluding steroid dienone is 2. The van der Waals surface area contributed by atoms with Crippen LogP contribution >= 0.6 is 0 Å². The predicted molar refractivity (Wildman–Crippen MR) is 205 cm³/mol. The molecule has 0 aromatic heterocycles. The molecule has 0 bridgehead atoms. The molecule has 6 aromatic rings. The summed E-state index contributed by atoms with van der Waals surface area (Å²) in [6, 6.07) is 26.2. The number of ketones is 1. The number of rotatable bonds is 3. The number of fused-ring (bicyclic) bond motifs is 4. The molecule has 5 nitrogen and oxygen atoms in total. The first kappa shape index (κ1) is 28.2. The molecule has 0 fully saturated rings. The van der Waals surface area contributed by atoms with Crippen molar-refractivity contribution >= 4 is 71.7 Å². The summed E-state index contributed by atoms with van der Waals surface area (Å²) in [5, 5.41) is 20.1. The normalized spacial score (nSPS) is 18.9. The number of hydrogen-bond acceptors (Lipinski definition) is 3. The van der Waals surface area contributed by atoms with Gasteiger partial charge >= 0.3 is 0 Å². The van der Waals surface area contributed by atoms with E-state index in [1.54, 1.807) is 0 Å². The molecule has 5 aliphatic rings. The van der Waals surface area contributed by atoms with Gasteiger partial charge in [0.25, 0.3) is 0 Å². The third-order valence-corrected chi connectivity index (χ3v) is 12.4. The molecule has 1 unspecified atom stereocenters. The van der Waals surface area contributed by atoms with Gasteiger partial charge in [-0.3, -0.25) is 10.7 Å². The summed E-state index contributed by atoms with van der Waals surface area (Å²) >= 11 is 0. The van der Waals surface area contributed by atoms with Crippen LogP contribution < -0.4 is 9.80 Å². The summed E-state index contributed by atoms with van der Waals surface area (Å²) in [6.07, 6.45) is 6.01. The van der Waals surface area contributed by atoms with Gasteiger partial charge in [0, 0.05) is 53.9 Å². The minimum absolute atomic E-state index is 0.0257. The first-order valence-corrected chi connectivity index (χ1v) is 18.1. The minimum atomic E-state index is -0.652. The van der Waals surface area contributed by atoms with Crippen molar-refractivity contribution in [2.45, 2.75) is 44.4 Å². The Balaban J connectivity index is 1.23. The van der Waals surface area contributed by atoms with Gasteiger partial charge in [0.1, 0.15) is 0 Å². The van der Waals surface area contributed by atoms with Gasteiger partial charge in [-0.2, -0.15) is 0 Å². The summed E-state index contributed by atoms with van der Waals surface area (Å²) < 4.78 is 0. The zero-order chi connectivity index (χ0) is 33.2. The molecule has 4 heterocycles. The Morgan fingerprint density at radius 2 is 1.30 bits per heavy atom. The molecule has 0 saturated carbocycles. The van der Waals surface area contributed by atoms with E-state index in [-0.39, 0.29) is 11.5 Å². The second-order valence-electron chi connectivity index (χ2n) is 14.7. The van der Waals surface area contributed by atoms with Crippen LogP contribution in [-0.2, 0) is 30.5 Å². The quantitative estimate of drug-likeness (QED) is 0.110. The lowest BCUT2D eigenvalue weighted by Gasteiger charge is -2.41. The Morgan fingerprint density at radius 3 is 1.92 bits per heavy atom. The van der Waals surface area contributed by atoms with E-state index >= 15 is 4.79 Å². The maximum absolute atomic E-state index is 15.1. The van der Waals surface area contributed by atoms with Crippen molar-refractivity contribution in [2.24, 2.45) is 0 Å². The Morgan fingerprint density at radius 1 is 0.720 bits per heavy atom. The van der Waals surface area contributed by atoms with Crippen LogP contribution in [0.1, 0.15) is 52.1 Å². The van der Waals surface area contributed by atoms with E-state index in [2.05, 4.69) is 93.3 Å². The van der Waals surface area contributed by atoms with Crippen LogP contribution in [0.2, 0.25) is 0 Å². The van der Waals surface area contributed by atoms with E-state index < -0.39 is 5.92 Å². The fraction of sp³-hybridized carbons (Fsp3) is 0.244. The van der Waals surface area contributed by atoms with Crippen molar-refractivity contribution in [1.82, 2.24) is 0 Å². The number of anilines is 2. The predicted octanol–water partition coefficient (Wildman–Crippen LogP) is 9.08. The summed E-state index contributed by atoms with van der Waals surface area (Å²) in [6.45, 7) is 12.3. The van der Waals surface area contributed by atoms with Crippen molar-refractivity contribution < 1.29 is 4.79 Å². The van der Waals surface area contributed by atoms with Crippen molar-refractivity contribution in [1.29, 1.82) is 0 Å². The standard InChI is InChI=1S/C45H33N4O/c1-47-37(24-46)42-40(35-22-27-10-6-16-48-18-14-31-29-12-4-2-8-25(29)20-33(35)38(31)43(27)48)45(50)41(42)36-23-28-11-7-17-49-19-15-32-30-13-5-3-9-26(30)21-34(36)39(32)44(28)49/h2-5,8-9,12-13,20-23,40H,6-7,10-11,14-19H2/q-1. The number of carbonyl (C=O) groups excluding carboxylic acids is 1. The van der Waals surface area contributed by atoms with Crippen LogP contribution in [0.15, 0.2) is 84.1 Å². The van der Waals surface area contributed by atoms with Crippen molar-refractivity contribution in [2.75, 3.05) is 36.0 Å². The number of Topliss-reactive ketones (excluding diaryl/α,β-unsaturated/α-hetero) is 1. The Hall–Kier alpha value is -5.69. The smallest absolute Gasteiger partial charge is 0.210 e. The zero-order valence-corrected chi connectivity index (χ0v) is 27.8. The van der Waals surface area contributed by atoms with Gasteiger partial charge in [-0.15, -0.1) is 0 Å². The average molecular weight is 646 g/mol. The van der Waals surface area contributed by atoms with Crippen LogP contribution in [0.25, 0.3) is 58.9 Å². The first-order valence-electron chi connectivity index (χ1n) is 18.1. The minimum Gasteiger partial charge on any atom is -0.775 e. The van der Waals surface area contributed by atoms with E-state index in [0.717, 1.165) is 86.6 Å². The fourth-order valence-corrected chi connectivity index (χ4v) is 10.4. The zero-order valence-electron chi connectivity index (χ0n) is 27.8. The van der Waals surface area contributed by atoms with E-state index in [1.165, 1.54) is 65.9 Å². The summed E-state index contributed by atoms with van der Waals surface area (Å²) in [5.41, 5.74) is 11.0. The first-order chi connectivity index (χ1) is 24.6. The van der Waals surface area contributed by atoms with Gasteiger partial charge in [-0.05, 0) is 128 Å². The monoisotopic (exact) mass is 645 g/mol. The number of carbonyl (C=O) groups is 1. The Bertz CT molecular complexity index is 2720. The van der Waals surface area contributed by atoms with Gasteiger partial charge in [0.15, 0.2) is 5.78 Å². The largest absolute Gasteiger partial charge is 0.775 e. The molecule has 0 amide bonds. The van der Waals surface area contributed by atoms with Gasteiger partial charge < -0.3 is 15.2 Å². The summed E-state index contributed by atoms with van der Waals surface area (Å²) in [7, 11) is 0. The molecule has 0 radical (unpaired) electrons. The highest BCUT2D eigenvalue weighted by Gasteiger charge is 2.45. The van der Waals surface area contributed by atoms with Crippen LogP contribution in [0.3, 0.4) is 0 Å². The van der Waals surface area contributed by atoms with Crippen molar-refractivity contribution in [3.63, 3.8) is 0 Å². The van der Waals surface area contributed by atoms with Crippen molar-refractivity contribution in [3.05, 3.63) is 134 Å². The Kier molecular flexibility index (Phi) is 5.73. The maximum atomic E-state index is 15.1. The lowest BCUT2D eigenvalue weighted by molar-refractivity contribution is -0.115. The third kappa shape index (κ3) is 3.57. The number of nitrogens with zero attached hydrogens (tertiary/aromatic N) is 4. The van der Waals surface area contributed by atoms with Gasteiger partial charge in [-0.25, -0.2) is 4.85 Å². The van der Waals surface area contributed by atoms with Gasteiger partial charge in [0.2, 0.25) is 5.70 Å². The fourth-order valence-electron chi connectivity index (χ4n) is 10.4. The van der Waals surface area contributed by atoms with E-state index in [1.807, 2.05) is 0 Å². The molecule has 6 aromatic carbocycles. The Labute approximate surface area is 290 Å². The lowest BCUT2D eigenvalue weighted by atomic mass is 9.66. The van der Waals surface area contributed by atoms with E-state index in [9.17, 15) is 5.41 Å². The molecule has 240 valence electrons. The van der Waals surface area contributed by atoms with Crippen LogP contribution in [0.5, 0.6) is 0 Å². The highest BCUT2D eigenvalue weighted by molar-refractivity contribution is 6.37. The molecule has 0 saturated heterocycles. The molecular formula is C45H33N4O-. The SMILES string of the molecule is [C-]#[N+]C(=C=[N-])C1=C(c2cc3c4c5c(c6ccccc6cc25)CCN4CCC3)C(=O)C1c1cc2c3c4c(c5ccccc5cc14)CCN3CCC2. The van der Waals surface area contributed by atoms with Crippen LogP contribution in [-0.4, -0.2) is 37.8 Å². The summed E-state index contributed by atoms with van der Waals surface area (Å²) in [4.78, 5) is 24.0. The molecule has 1 aliphatic carbocycles. The highest BCUT2D eigenvalue weighted by atomic mass is 16.1. The van der Waals surface area contributed by atoms with E-state index in [4.69, 9.17) is 6.57 Å². The van der Waals surface area contributed by atoms with Crippen LogP contribution in [0.4, 0.5) is 11.4 Å². The second kappa shape index (κ2) is 10.2. The molecule has 5 heteroatoms. The molecule has 50 heavy (non-hydrogen) atoms. The van der Waals surface area contributed by atoms with Crippen LogP contribution in [0, 0.1) is 6.57 Å².